The van der Waals surface area contributed by atoms with E-state index >= 15 is 0 Å². The average Bonchev–Trinajstić information content (AvgIpc) is 1.97. The van der Waals surface area contributed by atoms with Gasteiger partial charge in [0, 0.05) is 25.5 Å². The number of nitrogens with one attached hydrogen (secondary N) is 1. The van der Waals surface area contributed by atoms with Gasteiger partial charge in [-0.05, 0) is 19.4 Å². The summed E-state index contributed by atoms with van der Waals surface area (Å²) in [5, 5.41) is 19.8. The molecule has 67 valence electrons. The average molecular weight is 168 g/mol. The molecule has 1 atom stereocenters. The summed E-state index contributed by atoms with van der Waals surface area (Å²) in [5.74, 6) is -0.896. The van der Waals surface area contributed by atoms with Crippen molar-refractivity contribution in [1.82, 2.24) is 5.32 Å². The van der Waals surface area contributed by atoms with Crippen LogP contribution in [0.15, 0.2) is 0 Å². The topological polar surface area (TPSA) is 69.6 Å². The summed E-state index contributed by atoms with van der Waals surface area (Å²) in [7, 11) is 0. The van der Waals surface area contributed by atoms with Crippen molar-refractivity contribution in [1.29, 1.82) is 0 Å². The quantitative estimate of drug-likeness (QED) is 0.465. The Morgan fingerprint density at radius 2 is 2.17 bits per heavy atom. The van der Waals surface area contributed by atoms with Crippen molar-refractivity contribution >= 4 is 24.8 Å². The summed E-state index contributed by atoms with van der Waals surface area (Å²) in [6.07, 6.45) is 1.17. The standard InChI is InChI=1S/C7H15NO3.Li/c1-2-4-8-6(3-5-9)7(10)11;/h6,8-9H,2-5H2,1H3,(H,10,11);/t6-;/m0./s1. The minimum Gasteiger partial charge on any atom is -0.480 e. The number of aliphatic hydroxyl groups excluding tert-OH is 1. The molecule has 5 heteroatoms. The Labute approximate surface area is 84.5 Å². The minimum atomic E-state index is -0.896. The van der Waals surface area contributed by atoms with E-state index in [-0.39, 0.29) is 31.9 Å². The molecule has 0 amide bonds. The predicted octanol–water partition coefficient (Wildman–Crippen LogP) is -0.559. The van der Waals surface area contributed by atoms with Crippen molar-refractivity contribution in [2.75, 3.05) is 13.2 Å². The molecule has 0 bridgehead atoms. The van der Waals surface area contributed by atoms with E-state index in [0.29, 0.717) is 6.54 Å². The molecule has 0 spiro atoms. The second-order valence-corrected chi connectivity index (χ2v) is 2.36. The van der Waals surface area contributed by atoms with Gasteiger partial charge in [0.05, 0.1) is 0 Å². The molecule has 0 aliphatic rings. The zero-order valence-corrected chi connectivity index (χ0v) is 7.71. The normalized spacial score (nSPS) is 11.8. The van der Waals surface area contributed by atoms with Gasteiger partial charge >= 0.3 is 5.97 Å². The zero-order valence-electron chi connectivity index (χ0n) is 7.71. The third-order valence-electron chi connectivity index (χ3n) is 1.36. The fraction of sp³-hybridized carbons (Fsp3) is 0.857. The van der Waals surface area contributed by atoms with Crippen molar-refractivity contribution in [3.05, 3.63) is 0 Å². The summed E-state index contributed by atoms with van der Waals surface area (Å²) < 4.78 is 0. The van der Waals surface area contributed by atoms with E-state index in [9.17, 15) is 4.79 Å². The molecule has 1 radical (unpaired) electrons. The largest absolute Gasteiger partial charge is 0.480 e. The summed E-state index contributed by atoms with van der Waals surface area (Å²) in [6, 6.07) is -0.597. The van der Waals surface area contributed by atoms with Gasteiger partial charge in [0.15, 0.2) is 0 Å². The first-order valence-corrected chi connectivity index (χ1v) is 3.79. The van der Waals surface area contributed by atoms with Crippen molar-refractivity contribution in [3.63, 3.8) is 0 Å². The Morgan fingerprint density at radius 1 is 1.58 bits per heavy atom. The van der Waals surface area contributed by atoms with Crippen molar-refractivity contribution in [3.8, 4) is 0 Å². The maximum atomic E-state index is 10.4. The molecule has 0 aromatic heterocycles. The molecule has 0 saturated heterocycles. The van der Waals surface area contributed by atoms with E-state index in [4.69, 9.17) is 10.2 Å². The maximum Gasteiger partial charge on any atom is 0.320 e. The molecule has 0 aromatic carbocycles. The summed E-state index contributed by atoms with van der Waals surface area (Å²) in [5.41, 5.74) is 0. The second-order valence-electron chi connectivity index (χ2n) is 2.36. The molecule has 12 heavy (non-hydrogen) atoms. The van der Waals surface area contributed by atoms with E-state index in [0.717, 1.165) is 6.42 Å². The molecule has 0 aliphatic heterocycles. The molecule has 0 fully saturated rings. The van der Waals surface area contributed by atoms with Crippen LogP contribution in [0.2, 0.25) is 0 Å². The minimum absolute atomic E-state index is 0. The van der Waals surface area contributed by atoms with Crippen LogP contribution in [0, 0.1) is 0 Å². The number of carboxylic acid groups (broad SMARTS) is 1. The van der Waals surface area contributed by atoms with Gasteiger partial charge in [-0.3, -0.25) is 4.79 Å². The van der Waals surface area contributed by atoms with Crippen LogP contribution in [0.5, 0.6) is 0 Å². The van der Waals surface area contributed by atoms with Gasteiger partial charge in [0.25, 0.3) is 0 Å². The molecule has 0 unspecified atom stereocenters. The predicted molar refractivity (Wildman–Crippen MR) is 47.2 cm³/mol. The van der Waals surface area contributed by atoms with E-state index < -0.39 is 12.0 Å². The maximum absolute atomic E-state index is 10.4. The first-order chi connectivity index (χ1) is 5.22. The Bertz CT molecular complexity index is 121. The van der Waals surface area contributed by atoms with Gasteiger partial charge in [-0.25, -0.2) is 0 Å². The van der Waals surface area contributed by atoms with E-state index in [1.54, 1.807) is 0 Å². The summed E-state index contributed by atoms with van der Waals surface area (Å²) >= 11 is 0. The van der Waals surface area contributed by atoms with Crippen LogP contribution in [0.25, 0.3) is 0 Å². The number of aliphatic hydroxyl groups is 1. The van der Waals surface area contributed by atoms with Gasteiger partial charge in [-0.1, -0.05) is 6.92 Å². The van der Waals surface area contributed by atoms with Crippen LogP contribution in [0.4, 0.5) is 0 Å². The molecule has 0 aromatic rings. The molecule has 0 saturated carbocycles. The fourth-order valence-electron chi connectivity index (χ4n) is 0.761. The first kappa shape index (κ1) is 14.5. The Hall–Kier alpha value is -0.0126. The number of hydrogen-bond donors (Lipinski definition) is 3. The molecular weight excluding hydrogens is 153 g/mol. The number of carboxylic acids is 1. The van der Waals surface area contributed by atoms with E-state index in [1.807, 2.05) is 6.92 Å². The van der Waals surface area contributed by atoms with Gasteiger partial charge in [-0.15, -0.1) is 0 Å². The number of aliphatic carboxylic acids is 1. The number of hydrogen-bond acceptors (Lipinski definition) is 3. The van der Waals surface area contributed by atoms with Crippen LogP contribution < -0.4 is 5.32 Å². The molecule has 0 rings (SSSR count). The second kappa shape index (κ2) is 9.08. The number of carbonyl (C=O) groups is 1. The van der Waals surface area contributed by atoms with Crippen LogP contribution in [-0.4, -0.2) is 54.2 Å². The molecule has 0 heterocycles. The van der Waals surface area contributed by atoms with E-state index in [1.165, 1.54) is 0 Å². The summed E-state index contributed by atoms with van der Waals surface area (Å²) in [4.78, 5) is 10.4. The van der Waals surface area contributed by atoms with Crippen molar-refractivity contribution in [2.45, 2.75) is 25.8 Å². The zero-order chi connectivity index (χ0) is 8.69. The molecule has 4 nitrogen and oxygen atoms in total. The van der Waals surface area contributed by atoms with Gasteiger partial charge in [0.1, 0.15) is 6.04 Å². The molecule has 3 N–H and O–H groups in total. The third kappa shape index (κ3) is 6.68. The van der Waals surface area contributed by atoms with Crippen LogP contribution in [0.3, 0.4) is 0 Å². The van der Waals surface area contributed by atoms with Crippen LogP contribution >= 0.6 is 0 Å². The van der Waals surface area contributed by atoms with Crippen molar-refractivity contribution in [2.24, 2.45) is 0 Å². The Kier molecular flexibility index (Phi) is 11.0. The third-order valence-corrected chi connectivity index (χ3v) is 1.36. The molecule has 0 aliphatic carbocycles. The van der Waals surface area contributed by atoms with Gasteiger partial charge in [-0.2, -0.15) is 0 Å². The Balaban J connectivity index is 0. The van der Waals surface area contributed by atoms with E-state index in [2.05, 4.69) is 5.32 Å². The Morgan fingerprint density at radius 3 is 2.50 bits per heavy atom. The van der Waals surface area contributed by atoms with Crippen LogP contribution in [0.1, 0.15) is 19.8 Å². The smallest absolute Gasteiger partial charge is 0.320 e. The molecular formula is C7H15LiNO3. The SMILES string of the molecule is CCCN[C@@H](CCO)C(=O)O.[Li]. The summed E-state index contributed by atoms with van der Waals surface area (Å²) in [6.45, 7) is 2.55. The number of rotatable bonds is 6. The van der Waals surface area contributed by atoms with Gasteiger partial charge in [0.2, 0.25) is 0 Å². The monoisotopic (exact) mass is 168 g/mol. The fourth-order valence-corrected chi connectivity index (χ4v) is 0.761. The van der Waals surface area contributed by atoms with Gasteiger partial charge < -0.3 is 15.5 Å². The first-order valence-electron chi connectivity index (χ1n) is 3.79. The van der Waals surface area contributed by atoms with Crippen LogP contribution in [-0.2, 0) is 4.79 Å². The van der Waals surface area contributed by atoms with Crippen molar-refractivity contribution < 1.29 is 15.0 Å².